The molecule has 0 aromatic heterocycles. The average molecular weight is 124 g/mol. The molecule has 0 saturated heterocycles. The van der Waals surface area contributed by atoms with E-state index in [4.69, 9.17) is 0 Å². The zero-order valence-corrected chi connectivity index (χ0v) is 6.86. The second-order valence-electron chi connectivity index (χ2n) is 2.55. The molecule has 0 aromatic carbocycles. The van der Waals surface area contributed by atoms with E-state index in [0.717, 1.165) is 6.42 Å². The van der Waals surface area contributed by atoms with Gasteiger partial charge in [-0.1, -0.05) is 23.3 Å². The molecule has 0 N–H and O–H groups in total. The molecule has 0 atom stereocenters. The molecule has 0 spiro atoms. The van der Waals surface area contributed by atoms with Gasteiger partial charge in [0.1, 0.15) is 0 Å². The summed E-state index contributed by atoms with van der Waals surface area (Å²) >= 11 is 0. The first kappa shape index (κ1) is 8.48. The second-order valence-corrected chi connectivity index (χ2v) is 2.55. The van der Waals surface area contributed by atoms with E-state index in [1.165, 1.54) is 11.1 Å². The summed E-state index contributed by atoms with van der Waals surface area (Å²) in [5.74, 6) is 0. The Labute approximate surface area is 58.3 Å². The molecule has 9 heavy (non-hydrogen) atoms. The minimum atomic E-state index is 1.11. The van der Waals surface area contributed by atoms with Crippen LogP contribution < -0.4 is 0 Å². The Kier molecular flexibility index (Phi) is 4.12. The lowest BCUT2D eigenvalue weighted by atomic mass is 10.1. The highest BCUT2D eigenvalue weighted by molar-refractivity contribution is 5.10. The summed E-state index contributed by atoms with van der Waals surface area (Å²) < 4.78 is 0. The molecule has 0 aliphatic carbocycles. The van der Waals surface area contributed by atoms with E-state index in [1.54, 1.807) is 0 Å². The molecule has 0 bridgehead atoms. The van der Waals surface area contributed by atoms with Gasteiger partial charge in [-0.05, 0) is 34.1 Å². The molecule has 0 unspecified atom stereocenters. The van der Waals surface area contributed by atoms with Gasteiger partial charge in [0.25, 0.3) is 0 Å². The van der Waals surface area contributed by atoms with E-state index >= 15 is 0 Å². The molecule has 0 heteroatoms. The van der Waals surface area contributed by atoms with Gasteiger partial charge < -0.3 is 0 Å². The molecule has 52 valence electrons. The van der Waals surface area contributed by atoms with E-state index in [1.807, 2.05) is 0 Å². The van der Waals surface area contributed by atoms with Gasteiger partial charge in [0.05, 0.1) is 0 Å². The Bertz CT molecular complexity index is 123. The summed E-state index contributed by atoms with van der Waals surface area (Å²) in [5, 5.41) is 0. The Hall–Kier alpha value is -0.520. The van der Waals surface area contributed by atoms with Crippen molar-refractivity contribution in [1.82, 2.24) is 0 Å². The maximum atomic E-state index is 2.18. The summed E-state index contributed by atoms with van der Waals surface area (Å²) in [5.41, 5.74) is 2.92. The largest absolute Gasteiger partial charge is 0.0913 e. The Morgan fingerprint density at radius 1 is 1.22 bits per heavy atom. The maximum absolute atomic E-state index is 2.18. The van der Waals surface area contributed by atoms with Crippen LogP contribution in [-0.2, 0) is 0 Å². The highest BCUT2D eigenvalue weighted by Gasteiger charge is 1.85. The van der Waals surface area contributed by atoms with Gasteiger partial charge in [-0.3, -0.25) is 0 Å². The number of rotatable bonds is 2. The maximum Gasteiger partial charge on any atom is -0.0139 e. The summed E-state index contributed by atoms with van der Waals surface area (Å²) in [6.45, 7) is 8.53. The van der Waals surface area contributed by atoms with Crippen LogP contribution in [0.4, 0.5) is 0 Å². The van der Waals surface area contributed by atoms with Crippen LogP contribution in [0.5, 0.6) is 0 Å². The molecule has 0 fully saturated rings. The van der Waals surface area contributed by atoms with Crippen molar-refractivity contribution in [3.8, 4) is 0 Å². The highest BCUT2D eigenvalue weighted by Crippen LogP contribution is 2.06. The fourth-order valence-electron chi connectivity index (χ4n) is 0.499. The lowest BCUT2D eigenvalue weighted by Crippen LogP contribution is -1.75. The lowest BCUT2D eigenvalue weighted by Gasteiger charge is -1.96. The van der Waals surface area contributed by atoms with Crippen LogP contribution in [0.1, 0.15) is 34.1 Å². The summed E-state index contributed by atoms with van der Waals surface area (Å²) in [4.78, 5) is 0. The summed E-state index contributed by atoms with van der Waals surface area (Å²) in [6, 6.07) is 0. The van der Waals surface area contributed by atoms with E-state index in [-0.39, 0.29) is 0 Å². The first-order valence-corrected chi connectivity index (χ1v) is 3.42. The third kappa shape index (κ3) is 4.01. The van der Waals surface area contributed by atoms with Gasteiger partial charge in [-0.15, -0.1) is 0 Å². The molecule has 0 radical (unpaired) electrons. The van der Waals surface area contributed by atoms with Crippen molar-refractivity contribution in [2.24, 2.45) is 0 Å². The normalized spacial score (nSPS) is 10.2. The van der Waals surface area contributed by atoms with Gasteiger partial charge in [0.2, 0.25) is 0 Å². The monoisotopic (exact) mass is 124 g/mol. The van der Waals surface area contributed by atoms with Crippen molar-refractivity contribution < 1.29 is 0 Å². The summed E-state index contributed by atoms with van der Waals surface area (Å²) in [7, 11) is 0. The molecule has 0 saturated carbocycles. The third-order valence-electron chi connectivity index (χ3n) is 1.51. The molecule has 0 aliphatic heterocycles. The van der Waals surface area contributed by atoms with E-state index in [0.29, 0.717) is 0 Å². The smallest absolute Gasteiger partial charge is 0.0139 e. The van der Waals surface area contributed by atoms with Crippen LogP contribution in [0, 0.1) is 0 Å². The van der Waals surface area contributed by atoms with Gasteiger partial charge in [-0.25, -0.2) is 0 Å². The molecule has 0 aromatic rings. The molecule has 0 amide bonds. The van der Waals surface area contributed by atoms with Crippen LogP contribution in [0.15, 0.2) is 23.3 Å². The standard InChI is InChI=1S/C9H16/c1-5-6-7-9(4)8(2)3/h5-6H,7H2,1-4H3/b6-5-. The van der Waals surface area contributed by atoms with Gasteiger partial charge in [-0.2, -0.15) is 0 Å². The topological polar surface area (TPSA) is 0 Å². The fraction of sp³-hybridized carbons (Fsp3) is 0.556. The van der Waals surface area contributed by atoms with Gasteiger partial charge >= 0.3 is 0 Å². The lowest BCUT2D eigenvalue weighted by molar-refractivity contribution is 1.13. The van der Waals surface area contributed by atoms with Gasteiger partial charge in [0.15, 0.2) is 0 Å². The molecular formula is C9H16. The van der Waals surface area contributed by atoms with Crippen molar-refractivity contribution in [2.75, 3.05) is 0 Å². The first-order chi connectivity index (χ1) is 4.18. The SMILES string of the molecule is C/C=C\CC(C)=C(C)C. The zero-order valence-electron chi connectivity index (χ0n) is 6.86. The minimum absolute atomic E-state index is 1.11. The minimum Gasteiger partial charge on any atom is -0.0913 e. The van der Waals surface area contributed by atoms with Crippen molar-refractivity contribution in [1.29, 1.82) is 0 Å². The van der Waals surface area contributed by atoms with Crippen molar-refractivity contribution >= 4 is 0 Å². The Morgan fingerprint density at radius 2 is 1.78 bits per heavy atom. The molecular weight excluding hydrogens is 108 g/mol. The fourth-order valence-corrected chi connectivity index (χ4v) is 0.499. The van der Waals surface area contributed by atoms with Crippen LogP contribution in [0.2, 0.25) is 0 Å². The average Bonchev–Trinajstić information content (AvgIpc) is 1.82. The predicted molar refractivity (Wildman–Crippen MR) is 43.5 cm³/mol. The summed E-state index contributed by atoms with van der Waals surface area (Å²) in [6.07, 6.45) is 5.38. The van der Waals surface area contributed by atoms with E-state index in [2.05, 4.69) is 39.8 Å². The Balaban J connectivity index is 3.77. The van der Waals surface area contributed by atoms with Crippen molar-refractivity contribution in [3.05, 3.63) is 23.3 Å². The Morgan fingerprint density at radius 3 is 2.11 bits per heavy atom. The van der Waals surface area contributed by atoms with E-state index in [9.17, 15) is 0 Å². The van der Waals surface area contributed by atoms with Crippen molar-refractivity contribution in [3.63, 3.8) is 0 Å². The van der Waals surface area contributed by atoms with E-state index < -0.39 is 0 Å². The quantitative estimate of drug-likeness (QED) is 0.495. The number of allylic oxidation sites excluding steroid dienone is 4. The first-order valence-electron chi connectivity index (χ1n) is 3.42. The van der Waals surface area contributed by atoms with Crippen LogP contribution in [-0.4, -0.2) is 0 Å². The van der Waals surface area contributed by atoms with Gasteiger partial charge in [0, 0.05) is 0 Å². The molecule has 0 rings (SSSR count). The molecule has 0 nitrogen and oxygen atoms in total. The molecule has 0 heterocycles. The van der Waals surface area contributed by atoms with Crippen LogP contribution >= 0.6 is 0 Å². The third-order valence-corrected chi connectivity index (χ3v) is 1.51. The number of hydrogen-bond acceptors (Lipinski definition) is 0. The van der Waals surface area contributed by atoms with Crippen LogP contribution in [0.25, 0.3) is 0 Å². The predicted octanol–water partition coefficient (Wildman–Crippen LogP) is 3.31. The zero-order chi connectivity index (χ0) is 7.28. The second kappa shape index (κ2) is 4.37. The number of hydrogen-bond donors (Lipinski definition) is 0. The van der Waals surface area contributed by atoms with Crippen molar-refractivity contribution in [2.45, 2.75) is 34.1 Å². The molecule has 0 aliphatic rings. The van der Waals surface area contributed by atoms with Crippen LogP contribution in [0.3, 0.4) is 0 Å². The highest BCUT2D eigenvalue weighted by atomic mass is 13.9.